The molecule has 1 heteroatoms. The van der Waals surface area contributed by atoms with Gasteiger partial charge in [-0.05, 0) is 40.8 Å². The number of aryl methyl sites for hydroxylation is 2. The van der Waals surface area contributed by atoms with E-state index in [4.69, 9.17) is 1.37 Å². The van der Waals surface area contributed by atoms with Crippen LogP contribution in [0.25, 0.3) is 22.4 Å². The third-order valence-electron chi connectivity index (χ3n) is 5.14. The molecule has 0 spiro atoms. The largest absolute Gasteiger partial charge is 0.212 e. The molecule has 1 heterocycles. The molecule has 0 fully saturated rings. The monoisotopic (exact) mass is 301 g/mol. The lowest BCUT2D eigenvalue weighted by atomic mass is 9.78. The minimum Gasteiger partial charge on any atom is -0.201 e. The van der Waals surface area contributed by atoms with E-state index in [0.717, 1.165) is 5.69 Å². The zero-order chi connectivity index (χ0) is 17.1. The first-order valence-electron chi connectivity index (χ1n) is 8.62. The molecule has 1 aliphatic carbocycles. The molecule has 0 N–H and O–H groups in total. The Morgan fingerprint density at radius 1 is 0.957 bits per heavy atom. The number of hydrogen-bond acceptors (Lipinski definition) is 0. The molecule has 3 aromatic rings. The third-order valence-corrected chi connectivity index (χ3v) is 5.14. The van der Waals surface area contributed by atoms with Crippen LogP contribution in [0, 0.1) is 6.92 Å². The van der Waals surface area contributed by atoms with Gasteiger partial charge in [0.1, 0.15) is 7.05 Å². The van der Waals surface area contributed by atoms with E-state index >= 15 is 0 Å². The van der Waals surface area contributed by atoms with E-state index in [2.05, 4.69) is 61.7 Å². The summed E-state index contributed by atoms with van der Waals surface area (Å²) in [4.78, 5) is 0. The molecule has 0 amide bonds. The van der Waals surface area contributed by atoms with E-state index in [1.807, 2.05) is 25.4 Å². The van der Waals surface area contributed by atoms with Crippen molar-refractivity contribution >= 4 is 0 Å². The molecule has 4 rings (SSSR count). The molecule has 0 saturated carbocycles. The number of hydrogen-bond donors (Lipinski definition) is 0. The molecule has 1 aliphatic rings. The summed E-state index contributed by atoms with van der Waals surface area (Å²) >= 11 is 0. The summed E-state index contributed by atoms with van der Waals surface area (Å²) in [5, 5.41) is 0. The number of pyridine rings is 1. The highest BCUT2D eigenvalue weighted by atomic mass is 14.9. The normalized spacial score (nSPS) is 15.0. The summed E-state index contributed by atoms with van der Waals surface area (Å²) < 4.78 is 10.6. The van der Waals surface area contributed by atoms with Crippen molar-refractivity contribution in [2.45, 2.75) is 26.2 Å². The zero-order valence-corrected chi connectivity index (χ0v) is 14.1. The minimum absolute atomic E-state index is 0.0669. The summed E-state index contributed by atoms with van der Waals surface area (Å²) in [7, 11) is 2.03. The molecule has 0 aliphatic heterocycles. The number of nitrogens with zero attached hydrogens (tertiary/aromatic N) is 1. The fraction of sp³-hybridized carbons (Fsp3) is 0.227. The van der Waals surface area contributed by atoms with Gasteiger partial charge >= 0.3 is 0 Å². The number of benzene rings is 2. The van der Waals surface area contributed by atoms with Crippen LogP contribution in [-0.4, -0.2) is 0 Å². The van der Waals surface area contributed by atoms with Crippen LogP contribution < -0.4 is 4.57 Å². The summed E-state index contributed by atoms with van der Waals surface area (Å²) in [5.74, 6) is 0. The first kappa shape index (κ1) is 13.1. The number of rotatable bonds is 1. The van der Waals surface area contributed by atoms with Crippen molar-refractivity contribution in [1.82, 2.24) is 0 Å². The molecule has 0 radical (unpaired) electrons. The highest BCUT2D eigenvalue weighted by molar-refractivity contribution is 5.88. The summed E-state index contributed by atoms with van der Waals surface area (Å²) in [6.07, 6.45) is 2.03. The Morgan fingerprint density at radius 3 is 2.52 bits per heavy atom. The number of aromatic nitrogens is 1. The standard InChI is InChI=1S/C22H22N/c1-15-12-13-17-16-9-5-6-10-18(16)22(2,3)21(17)20(15)19-11-7-8-14-23(19)4/h5-14H,1-4H3/q+1/i11D. The van der Waals surface area contributed by atoms with Crippen molar-refractivity contribution in [2.24, 2.45) is 7.05 Å². The lowest BCUT2D eigenvalue weighted by molar-refractivity contribution is -0.660. The van der Waals surface area contributed by atoms with Gasteiger partial charge in [0.25, 0.3) is 0 Å². The second-order valence-corrected chi connectivity index (χ2v) is 6.96. The topological polar surface area (TPSA) is 3.88 Å². The maximum atomic E-state index is 8.48. The molecule has 0 saturated heterocycles. The molecule has 114 valence electrons. The van der Waals surface area contributed by atoms with Crippen molar-refractivity contribution in [1.29, 1.82) is 0 Å². The van der Waals surface area contributed by atoms with Gasteiger partial charge in [-0.2, -0.15) is 0 Å². The van der Waals surface area contributed by atoms with E-state index < -0.39 is 0 Å². The molecular formula is C22H22N+. The van der Waals surface area contributed by atoms with Crippen molar-refractivity contribution in [3.63, 3.8) is 0 Å². The maximum absolute atomic E-state index is 8.48. The molecule has 1 aromatic heterocycles. The van der Waals surface area contributed by atoms with Gasteiger partial charge in [-0.15, -0.1) is 0 Å². The molecule has 1 nitrogen and oxygen atoms in total. The smallest absolute Gasteiger partial charge is 0.201 e. The van der Waals surface area contributed by atoms with Gasteiger partial charge in [-0.1, -0.05) is 50.2 Å². The Hall–Kier alpha value is -2.41. The van der Waals surface area contributed by atoms with Crippen LogP contribution in [0.4, 0.5) is 0 Å². The molecule has 0 atom stereocenters. The average Bonchev–Trinajstić information content (AvgIpc) is 2.78. The summed E-state index contributed by atoms with van der Waals surface area (Å²) in [6.45, 7) is 6.75. The Balaban J connectivity index is 2.14. The Bertz CT molecular complexity index is 949. The highest BCUT2D eigenvalue weighted by Crippen LogP contribution is 2.52. The Morgan fingerprint density at radius 2 is 1.74 bits per heavy atom. The van der Waals surface area contributed by atoms with Crippen LogP contribution in [0.5, 0.6) is 0 Å². The Kier molecular flexibility index (Phi) is 2.72. The summed E-state index contributed by atoms with van der Waals surface area (Å²) in [6, 6.07) is 17.5. The van der Waals surface area contributed by atoms with E-state index in [-0.39, 0.29) is 5.41 Å². The van der Waals surface area contributed by atoms with E-state index in [0.29, 0.717) is 6.04 Å². The molecule has 23 heavy (non-hydrogen) atoms. The first-order chi connectivity index (χ1) is 11.4. The van der Waals surface area contributed by atoms with E-state index in [1.165, 1.54) is 33.4 Å². The highest BCUT2D eigenvalue weighted by Gasteiger charge is 2.39. The zero-order valence-electron chi connectivity index (χ0n) is 15.1. The van der Waals surface area contributed by atoms with Crippen LogP contribution in [-0.2, 0) is 12.5 Å². The molecular weight excluding hydrogens is 278 g/mol. The lowest BCUT2D eigenvalue weighted by Gasteiger charge is -2.24. The van der Waals surface area contributed by atoms with Gasteiger partial charge in [0, 0.05) is 17.5 Å². The van der Waals surface area contributed by atoms with Gasteiger partial charge in [0.2, 0.25) is 5.69 Å². The van der Waals surface area contributed by atoms with Crippen molar-refractivity contribution in [3.8, 4) is 22.4 Å². The first-order valence-corrected chi connectivity index (χ1v) is 8.12. The predicted molar refractivity (Wildman–Crippen MR) is 95.4 cm³/mol. The van der Waals surface area contributed by atoms with Gasteiger partial charge in [0.15, 0.2) is 6.20 Å². The van der Waals surface area contributed by atoms with E-state index in [9.17, 15) is 0 Å². The molecule has 2 aromatic carbocycles. The predicted octanol–water partition coefficient (Wildman–Crippen LogP) is 4.79. The third kappa shape index (κ3) is 1.89. The van der Waals surface area contributed by atoms with Crippen LogP contribution in [0.2, 0.25) is 0 Å². The Labute approximate surface area is 139 Å². The van der Waals surface area contributed by atoms with E-state index in [1.54, 1.807) is 0 Å². The lowest BCUT2D eigenvalue weighted by Crippen LogP contribution is -2.31. The second-order valence-electron chi connectivity index (χ2n) is 6.96. The number of fused-ring (bicyclic) bond motifs is 3. The van der Waals surface area contributed by atoms with Crippen LogP contribution in [0.15, 0.2) is 60.8 Å². The fourth-order valence-electron chi connectivity index (χ4n) is 4.01. The van der Waals surface area contributed by atoms with Crippen LogP contribution in [0.3, 0.4) is 0 Å². The molecule has 0 unspecified atom stereocenters. The van der Waals surface area contributed by atoms with Crippen LogP contribution in [0.1, 0.15) is 31.9 Å². The van der Waals surface area contributed by atoms with Gasteiger partial charge < -0.3 is 0 Å². The summed E-state index contributed by atoms with van der Waals surface area (Å²) in [5.41, 5.74) is 8.71. The van der Waals surface area contributed by atoms with Crippen molar-refractivity contribution < 1.29 is 5.94 Å². The van der Waals surface area contributed by atoms with Gasteiger partial charge in [-0.3, -0.25) is 0 Å². The molecule has 0 bridgehead atoms. The fourth-order valence-corrected chi connectivity index (χ4v) is 4.01. The average molecular weight is 301 g/mol. The van der Waals surface area contributed by atoms with Gasteiger partial charge in [-0.25, -0.2) is 4.57 Å². The SMILES string of the molecule is [2H]c1ccc[n+](C)c1-c1c(C)ccc2c1C(C)(C)c1ccccc1-2. The van der Waals surface area contributed by atoms with Crippen molar-refractivity contribution in [3.05, 3.63) is 77.5 Å². The maximum Gasteiger partial charge on any atom is 0.212 e. The van der Waals surface area contributed by atoms with Crippen LogP contribution >= 0.6 is 0 Å². The van der Waals surface area contributed by atoms with Gasteiger partial charge in [0.05, 0.1) is 6.93 Å². The minimum atomic E-state index is -0.0669. The van der Waals surface area contributed by atoms with Crippen molar-refractivity contribution in [2.75, 3.05) is 0 Å². The second kappa shape index (κ2) is 4.79. The quantitative estimate of drug-likeness (QED) is 0.569.